The second kappa shape index (κ2) is 5.75. The summed E-state index contributed by atoms with van der Waals surface area (Å²) in [5.74, 6) is 0. The second-order valence-electron chi connectivity index (χ2n) is 3.04. The predicted molar refractivity (Wildman–Crippen MR) is 53.9 cm³/mol. The Hall–Kier alpha value is -0.900. The molecule has 0 saturated heterocycles. The van der Waals surface area contributed by atoms with E-state index in [0.29, 0.717) is 6.61 Å². The molecule has 0 aliphatic carbocycles. The third-order valence-electron chi connectivity index (χ3n) is 2.01. The van der Waals surface area contributed by atoms with Crippen molar-refractivity contribution in [3.05, 3.63) is 35.9 Å². The van der Waals surface area contributed by atoms with Crippen molar-refractivity contribution in [1.82, 2.24) is 0 Å². The minimum atomic E-state index is -0.864. The average molecular weight is 196 g/mol. The van der Waals surface area contributed by atoms with Crippen LogP contribution in [0.4, 0.5) is 0 Å². The Morgan fingerprint density at radius 2 is 1.93 bits per heavy atom. The van der Waals surface area contributed by atoms with Gasteiger partial charge in [-0.2, -0.15) is 0 Å². The van der Waals surface area contributed by atoms with E-state index in [9.17, 15) is 5.11 Å². The highest BCUT2D eigenvalue weighted by Crippen LogP contribution is 2.20. The Kier molecular flexibility index (Phi) is 4.59. The lowest BCUT2D eigenvalue weighted by Crippen LogP contribution is -2.24. The Morgan fingerprint density at radius 3 is 2.43 bits per heavy atom. The van der Waals surface area contributed by atoms with E-state index in [1.54, 1.807) is 0 Å². The summed E-state index contributed by atoms with van der Waals surface area (Å²) in [5.41, 5.74) is 0.885. The zero-order valence-electron chi connectivity index (χ0n) is 8.26. The lowest BCUT2D eigenvalue weighted by Gasteiger charge is -2.21. The van der Waals surface area contributed by atoms with Crippen molar-refractivity contribution in [3.63, 3.8) is 0 Å². The van der Waals surface area contributed by atoms with E-state index < -0.39 is 12.2 Å². The van der Waals surface area contributed by atoms with Crippen LogP contribution < -0.4 is 0 Å². The Labute approximate surface area is 84.0 Å². The van der Waals surface area contributed by atoms with E-state index in [4.69, 9.17) is 9.84 Å². The number of aliphatic hydroxyl groups excluding tert-OH is 2. The van der Waals surface area contributed by atoms with Crippen molar-refractivity contribution in [3.8, 4) is 0 Å². The number of ether oxygens (including phenoxy) is 1. The fourth-order valence-electron chi connectivity index (χ4n) is 1.35. The number of benzene rings is 1. The summed E-state index contributed by atoms with van der Waals surface area (Å²) in [6, 6.07) is 9.41. The Balaban J connectivity index is 2.77. The maximum Gasteiger partial charge on any atom is 0.111 e. The standard InChI is InChI=1S/C11H16O3/c1-2-14-11(10(13)8-12)9-6-4-3-5-7-9/h3-7,10-13H,2,8H2,1H3. The zero-order valence-corrected chi connectivity index (χ0v) is 8.26. The lowest BCUT2D eigenvalue weighted by molar-refractivity contribution is -0.0560. The first-order valence-electron chi connectivity index (χ1n) is 4.75. The number of hydrogen-bond acceptors (Lipinski definition) is 3. The van der Waals surface area contributed by atoms with Gasteiger partial charge in [-0.1, -0.05) is 30.3 Å². The van der Waals surface area contributed by atoms with Crippen LogP contribution in [0.15, 0.2) is 30.3 Å². The van der Waals surface area contributed by atoms with Crippen LogP contribution in [0.5, 0.6) is 0 Å². The molecule has 0 fully saturated rings. The van der Waals surface area contributed by atoms with Crippen LogP contribution in [0.25, 0.3) is 0 Å². The molecule has 1 rings (SSSR count). The van der Waals surface area contributed by atoms with E-state index >= 15 is 0 Å². The highest BCUT2D eigenvalue weighted by molar-refractivity contribution is 5.18. The monoisotopic (exact) mass is 196 g/mol. The molecular weight excluding hydrogens is 180 g/mol. The van der Waals surface area contributed by atoms with Crippen molar-refractivity contribution >= 4 is 0 Å². The quantitative estimate of drug-likeness (QED) is 0.742. The Morgan fingerprint density at radius 1 is 1.29 bits per heavy atom. The van der Waals surface area contributed by atoms with Crippen LogP contribution in [0, 0.1) is 0 Å². The number of aliphatic hydroxyl groups is 2. The third-order valence-corrected chi connectivity index (χ3v) is 2.01. The summed E-state index contributed by atoms with van der Waals surface area (Å²) in [7, 11) is 0. The smallest absolute Gasteiger partial charge is 0.111 e. The van der Waals surface area contributed by atoms with Crippen LogP contribution >= 0.6 is 0 Å². The van der Waals surface area contributed by atoms with Gasteiger partial charge in [-0.3, -0.25) is 0 Å². The molecule has 0 aromatic heterocycles. The van der Waals surface area contributed by atoms with Crippen LogP contribution in [0.2, 0.25) is 0 Å². The first kappa shape index (κ1) is 11.2. The molecule has 0 bridgehead atoms. The van der Waals surface area contributed by atoms with Crippen LogP contribution in [-0.4, -0.2) is 29.5 Å². The molecule has 0 heterocycles. The van der Waals surface area contributed by atoms with E-state index in [-0.39, 0.29) is 6.61 Å². The molecule has 2 atom stereocenters. The summed E-state index contributed by atoms with van der Waals surface area (Å²) in [6.45, 7) is 2.08. The van der Waals surface area contributed by atoms with E-state index in [1.165, 1.54) is 0 Å². The van der Waals surface area contributed by atoms with E-state index in [2.05, 4.69) is 0 Å². The first-order valence-corrected chi connectivity index (χ1v) is 4.75. The molecular formula is C11H16O3. The van der Waals surface area contributed by atoms with Gasteiger partial charge in [0.2, 0.25) is 0 Å². The number of rotatable bonds is 5. The van der Waals surface area contributed by atoms with Gasteiger partial charge in [-0.05, 0) is 12.5 Å². The number of hydrogen-bond donors (Lipinski definition) is 2. The normalized spacial score (nSPS) is 15.1. The zero-order chi connectivity index (χ0) is 10.4. The van der Waals surface area contributed by atoms with Gasteiger partial charge in [0.05, 0.1) is 6.61 Å². The summed E-state index contributed by atoms with van der Waals surface area (Å²) < 4.78 is 5.37. The van der Waals surface area contributed by atoms with Crippen molar-refractivity contribution < 1.29 is 14.9 Å². The average Bonchev–Trinajstić information content (AvgIpc) is 2.26. The van der Waals surface area contributed by atoms with Gasteiger partial charge in [0, 0.05) is 6.61 Å². The van der Waals surface area contributed by atoms with Crippen LogP contribution in [-0.2, 0) is 4.74 Å². The summed E-state index contributed by atoms with van der Waals surface area (Å²) in [6.07, 6.45) is -1.30. The maximum atomic E-state index is 9.53. The predicted octanol–water partition coefficient (Wildman–Crippen LogP) is 1.12. The molecule has 0 saturated carbocycles. The molecule has 14 heavy (non-hydrogen) atoms. The molecule has 2 unspecified atom stereocenters. The fourth-order valence-corrected chi connectivity index (χ4v) is 1.35. The van der Waals surface area contributed by atoms with Crippen LogP contribution in [0.1, 0.15) is 18.6 Å². The molecule has 1 aromatic rings. The van der Waals surface area contributed by atoms with Gasteiger partial charge in [-0.25, -0.2) is 0 Å². The molecule has 2 N–H and O–H groups in total. The van der Waals surface area contributed by atoms with E-state index in [1.807, 2.05) is 37.3 Å². The molecule has 0 spiro atoms. The van der Waals surface area contributed by atoms with Gasteiger partial charge in [-0.15, -0.1) is 0 Å². The van der Waals surface area contributed by atoms with E-state index in [0.717, 1.165) is 5.56 Å². The molecule has 0 radical (unpaired) electrons. The Bertz CT molecular complexity index is 248. The molecule has 1 aromatic carbocycles. The highest BCUT2D eigenvalue weighted by atomic mass is 16.5. The maximum absolute atomic E-state index is 9.53. The van der Waals surface area contributed by atoms with Crippen molar-refractivity contribution in [2.45, 2.75) is 19.1 Å². The molecule has 3 nitrogen and oxygen atoms in total. The molecule has 3 heteroatoms. The largest absolute Gasteiger partial charge is 0.394 e. The fraction of sp³-hybridized carbons (Fsp3) is 0.455. The first-order chi connectivity index (χ1) is 6.79. The summed E-state index contributed by atoms with van der Waals surface area (Å²) in [5, 5.41) is 18.4. The highest BCUT2D eigenvalue weighted by Gasteiger charge is 2.20. The van der Waals surface area contributed by atoms with Gasteiger partial charge in [0.15, 0.2) is 0 Å². The SMILES string of the molecule is CCOC(c1ccccc1)C(O)CO. The molecule has 0 aliphatic heterocycles. The minimum absolute atomic E-state index is 0.292. The molecule has 0 amide bonds. The van der Waals surface area contributed by atoms with Crippen molar-refractivity contribution in [2.75, 3.05) is 13.2 Å². The van der Waals surface area contributed by atoms with Gasteiger partial charge < -0.3 is 14.9 Å². The van der Waals surface area contributed by atoms with Gasteiger partial charge in [0.1, 0.15) is 12.2 Å². The van der Waals surface area contributed by atoms with Gasteiger partial charge in [0.25, 0.3) is 0 Å². The van der Waals surface area contributed by atoms with Gasteiger partial charge >= 0.3 is 0 Å². The molecule has 0 aliphatic rings. The summed E-state index contributed by atoms with van der Waals surface area (Å²) in [4.78, 5) is 0. The minimum Gasteiger partial charge on any atom is -0.394 e. The lowest BCUT2D eigenvalue weighted by atomic mass is 10.1. The van der Waals surface area contributed by atoms with Crippen LogP contribution in [0.3, 0.4) is 0 Å². The van der Waals surface area contributed by atoms with Crippen molar-refractivity contribution in [1.29, 1.82) is 0 Å². The summed E-state index contributed by atoms with van der Waals surface area (Å²) >= 11 is 0. The second-order valence-corrected chi connectivity index (χ2v) is 3.04. The topological polar surface area (TPSA) is 49.7 Å². The molecule has 78 valence electrons. The van der Waals surface area contributed by atoms with Crippen molar-refractivity contribution in [2.24, 2.45) is 0 Å². The third kappa shape index (κ3) is 2.80.